The Hall–Kier alpha value is -1.05. The fourth-order valence-electron chi connectivity index (χ4n) is 3.31. The quantitative estimate of drug-likeness (QED) is 0.843. The second-order valence-corrected chi connectivity index (χ2v) is 6.48. The topological polar surface area (TPSA) is 64.6 Å². The van der Waals surface area contributed by atoms with Crippen LogP contribution >= 0.6 is 11.5 Å². The third-order valence-corrected chi connectivity index (χ3v) is 5.13. The molecular formula is C14H21N3O3S. The molecule has 2 saturated heterocycles. The molecule has 116 valence electrons. The van der Waals surface area contributed by atoms with E-state index < -0.39 is 0 Å². The highest BCUT2D eigenvalue weighted by Gasteiger charge is 2.51. The van der Waals surface area contributed by atoms with Crippen LogP contribution < -0.4 is 0 Å². The Labute approximate surface area is 128 Å². The Morgan fingerprint density at radius 1 is 1.62 bits per heavy atom. The Morgan fingerprint density at radius 3 is 3.14 bits per heavy atom. The number of methoxy groups -OCH3 is 1. The Balaban J connectivity index is 1.78. The second-order valence-electron chi connectivity index (χ2n) is 5.73. The number of likely N-dealkylation sites (tertiary alicyclic amines) is 1. The molecule has 2 aliphatic rings. The molecule has 6 nitrogen and oxygen atoms in total. The molecule has 7 heteroatoms. The van der Waals surface area contributed by atoms with Crippen molar-refractivity contribution in [2.75, 3.05) is 26.8 Å². The molecule has 0 N–H and O–H groups in total. The standard InChI is InChI=1S/C14H21N3O3S/c1-3-5-10-12(21-16-15-10)13(18)17-8-11(19-2)14(9-17)6-4-7-20-14/h11H,3-9H2,1-2H3/t11-,14-/m0/s1. The molecule has 0 aromatic carbocycles. The van der Waals surface area contributed by atoms with Crippen molar-refractivity contribution in [1.82, 2.24) is 14.5 Å². The number of nitrogens with zero attached hydrogens (tertiary/aromatic N) is 3. The highest BCUT2D eigenvalue weighted by Crippen LogP contribution is 2.37. The molecule has 0 bridgehead atoms. The van der Waals surface area contributed by atoms with Crippen LogP contribution in [-0.4, -0.2) is 58.9 Å². The van der Waals surface area contributed by atoms with E-state index in [9.17, 15) is 4.79 Å². The first kappa shape index (κ1) is 14.9. The zero-order valence-corrected chi connectivity index (χ0v) is 13.3. The van der Waals surface area contributed by atoms with Crippen LogP contribution in [0.15, 0.2) is 0 Å². The minimum atomic E-state index is -0.312. The van der Waals surface area contributed by atoms with Gasteiger partial charge in [0.2, 0.25) is 0 Å². The number of hydrogen-bond donors (Lipinski definition) is 0. The summed E-state index contributed by atoms with van der Waals surface area (Å²) in [6.07, 6.45) is 3.70. The van der Waals surface area contributed by atoms with Crippen molar-refractivity contribution in [3.8, 4) is 0 Å². The molecule has 2 fully saturated rings. The number of aromatic nitrogens is 2. The van der Waals surface area contributed by atoms with Gasteiger partial charge in [-0.1, -0.05) is 17.8 Å². The fraction of sp³-hybridized carbons (Fsp3) is 0.786. The van der Waals surface area contributed by atoms with Crippen molar-refractivity contribution in [3.63, 3.8) is 0 Å². The number of hydrogen-bond acceptors (Lipinski definition) is 6. The average Bonchev–Trinajstić information content (AvgIpc) is 3.20. The summed E-state index contributed by atoms with van der Waals surface area (Å²) in [5, 5.41) is 4.09. The SMILES string of the molecule is CCCc1nnsc1C(=O)N1C[C@H](OC)[C@]2(CCCO2)C1. The summed E-state index contributed by atoms with van der Waals surface area (Å²) in [6.45, 7) is 4.02. The summed E-state index contributed by atoms with van der Waals surface area (Å²) in [7, 11) is 1.69. The van der Waals surface area contributed by atoms with E-state index in [1.54, 1.807) is 7.11 Å². The van der Waals surface area contributed by atoms with Crippen LogP contribution in [0.5, 0.6) is 0 Å². The first-order chi connectivity index (χ1) is 10.2. The van der Waals surface area contributed by atoms with E-state index in [0.717, 1.165) is 38.0 Å². The van der Waals surface area contributed by atoms with Crippen molar-refractivity contribution in [1.29, 1.82) is 0 Å². The van der Waals surface area contributed by atoms with Gasteiger partial charge in [-0.05, 0) is 30.8 Å². The molecule has 1 aromatic heterocycles. The van der Waals surface area contributed by atoms with E-state index in [0.29, 0.717) is 18.0 Å². The third kappa shape index (κ3) is 2.58. The van der Waals surface area contributed by atoms with Gasteiger partial charge in [0.25, 0.3) is 5.91 Å². The van der Waals surface area contributed by atoms with E-state index >= 15 is 0 Å². The van der Waals surface area contributed by atoms with Crippen LogP contribution in [0, 0.1) is 0 Å². The highest BCUT2D eigenvalue weighted by molar-refractivity contribution is 7.08. The predicted octanol–water partition coefficient (Wildman–Crippen LogP) is 1.51. The van der Waals surface area contributed by atoms with Gasteiger partial charge < -0.3 is 14.4 Å². The summed E-state index contributed by atoms with van der Waals surface area (Å²) in [6, 6.07) is 0. The van der Waals surface area contributed by atoms with Crippen LogP contribution in [0.1, 0.15) is 41.6 Å². The monoisotopic (exact) mass is 311 g/mol. The maximum atomic E-state index is 12.8. The third-order valence-electron chi connectivity index (χ3n) is 4.37. The number of rotatable bonds is 4. The summed E-state index contributed by atoms with van der Waals surface area (Å²) < 4.78 is 15.5. The van der Waals surface area contributed by atoms with Gasteiger partial charge in [0.05, 0.1) is 18.8 Å². The van der Waals surface area contributed by atoms with Gasteiger partial charge in [0.1, 0.15) is 16.6 Å². The summed E-state index contributed by atoms with van der Waals surface area (Å²) in [5.74, 6) is 0.0166. The van der Waals surface area contributed by atoms with Crippen molar-refractivity contribution < 1.29 is 14.3 Å². The van der Waals surface area contributed by atoms with Crippen molar-refractivity contribution in [2.45, 2.75) is 44.3 Å². The smallest absolute Gasteiger partial charge is 0.267 e. The Bertz CT molecular complexity index is 513. The van der Waals surface area contributed by atoms with Gasteiger partial charge in [0.15, 0.2) is 0 Å². The summed E-state index contributed by atoms with van der Waals surface area (Å²) >= 11 is 1.19. The Kier molecular flexibility index (Phi) is 4.24. The van der Waals surface area contributed by atoms with Crippen LogP contribution in [0.25, 0.3) is 0 Å². The molecule has 21 heavy (non-hydrogen) atoms. The van der Waals surface area contributed by atoms with Gasteiger partial charge in [-0.2, -0.15) is 0 Å². The van der Waals surface area contributed by atoms with E-state index in [-0.39, 0.29) is 17.6 Å². The molecule has 0 radical (unpaired) electrons. The minimum Gasteiger partial charge on any atom is -0.377 e. The van der Waals surface area contributed by atoms with E-state index in [1.165, 1.54) is 11.5 Å². The van der Waals surface area contributed by atoms with Crippen LogP contribution in [0.2, 0.25) is 0 Å². The molecule has 0 aliphatic carbocycles. The summed E-state index contributed by atoms with van der Waals surface area (Å²) in [4.78, 5) is 15.3. The van der Waals surface area contributed by atoms with E-state index in [1.807, 2.05) is 4.90 Å². The van der Waals surface area contributed by atoms with Gasteiger partial charge >= 0.3 is 0 Å². The maximum absolute atomic E-state index is 12.8. The van der Waals surface area contributed by atoms with Gasteiger partial charge in [-0.3, -0.25) is 4.79 Å². The van der Waals surface area contributed by atoms with Crippen LogP contribution in [0.4, 0.5) is 0 Å². The molecule has 3 heterocycles. The number of aryl methyl sites for hydroxylation is 1. The van der Waals surface area contributed by atoms with E-state index in [2.05, 4.69) is 16.5 Å². The van der Waals surface area contributed by atoms with Crippen molar-refractivity contribution in [2.24, 2.45) is 0 Å². The molecule has 1 amide bonds. The van der Waals surface area contributed by atoms with Gasteiger partial charge in [-0.15, -0.1) is 5.10 Å². The normalized spacial score (nSPS) is 28.7. The number of ether oxygens (including phenoxy) is 2. The fourth-order valence-corrected chi connectivity index (χ4v) is 3.99. The van der Waals surface area contributed by atoms with Crippen LogP contribution in [-0.2, 0) is 15.9 Å². The van der Waals surface area contributed by atoms with Crippen molar-refractivity contribution in [3.05, 3.63) is 10.6 Å². The zero-order valence-electron chi connectivity index (χ0n) is 12.5. The zero-order chi connectivity index (χ0) is 14.9. The molecule has 0 saturated carbocycles. The number of amides is 1. The minimum absolute atomic E-state index is 0.0166. The molecule has 3 rings (SSSR count). The molecule has 1 aromatic rings. The maximum Gasteiger partial charge on any atom is 0.267 e. The lowest BCUT2D eigenvalue weighted by molar-refractivity contribution is -0.0754. The van der Waals surface area contributed by atoms with E-state index in [4.69, 9.17) is 9.47 Å². The lowest BCUT2D eigenvalue weighted by Crippen LogP contribution is -2.42. The molecule has 2 atom stereocenters. The largest absolute Gasteiger partial charge is 0.377 e. The number of carbonyl (C=O) groups is 1. The molecule has 1 spiro atoms. The highest BCUT2D eigenvalue weighted by atomic mass is 32.1. The first-order valence-corrected chi connectivity index (χ1v) is 8.25. The lowest BCUT2D eigenvalue weighted by atomic mass is 9.96. The molecule has 0 unspecified atom stereocenters. The van der Waals surface area contributed by atoms with Crippen LogP contribution in [0.3, 0.4) is 0 Å². The summed E-state index contributed by atoms with van der Waals surface area (Å²) in [5.41, 5.74) is 0.503. The molecule has 2 aliphatic heterocycles. The second kappa shape index (κ2) is 5.98. The number of carbonyl (C=O) groups excluding carboxylic acids is 1. The molecular weight excluding hydrogens is 290 g/mol. The van der Waals surface area contributed by atoms with Gasteiger partial charge in [0, 0.05) is 13.7 Å². The Morgan fingerprint density at radius 2 is 2.48 bits per heavy atom. The first-order valence-electron chi connectivity index (χ1n) is 7.47. The predicted molar refractivity (Wildman–Crippen MR) is 78.5 cm³/mol. The average molecular weight is 311 g/mol. The lowest BCUT2D eigenvalue weighted by Gasteiger charge is -2.27. The van der Waals surface area contributed by atoms with Gasteiger partial charge in [-0.25, -0.2) is 0 Å². The van der Waals surface area contributed by atoms with Crippen molar-refractivity contribution >= 4 is 17.4 Å².